The molecular weight excluding hydrogens is 326 g/mol. The highest BCUT2D eigenvalue weighted by atomic mass is 32.2. The van der Waals surface area contributed by atoms with E-state index in [0.717, 1.165) is 50.9 Å². The van der Waals surface area contributed by atoms with Crippen LogP contribution in [0.25, 0.3) is 0 Å². The number of nitrogens with one attached hydrogen (secondary N) is 1. The molecule has 2 unspecified atom stereocenters. The van der Waals surface area contributed by atoms with E-state index in [-0.39, 0.29) is 28.7 Å². The number of ether oxygens (including phenoxy) is 1. The van der Waals surface area contributed by atoms with Crippen molar-refractivity contribution in [2.24, 2.45) is 0 Å². The van der Waals surface area contributed by atoms with Gasteiger partial charge in [-0.15, -0.1) is 0 Å². The summed E-state index contributed by atoms with van der Waals surface area (Å²) in [4.78, 5) is 29.3. The molecule has 3 aliphatic rings. The second kappa shape index (κ2) is 6.52. The Bertz CT molecular complexity index is 691. The van der Waals surface area contributed by atoms with Gasteiger partial charge in [-0.25, -0.2) is 4.98 Å². The van der Waals surface area contributed by atoms with Crippen LogP contribution in [0.5, 0.6) is 0 Å². The van der Waals surface area contributed by atoms with E-state index in [2.05, 4.69) is 10.3 Å². The maximum Gasteiger partial charge on any atom is 0.267 e. The van der Waals surface area contributed by atoms with E-state index >= 15 is 0 Å². The molecule has 3 heterocycles. The molecule has 0 aromatic carbocycles. The number of carbonyl (C=O) groups excluding carboxylic acids is 1. The number of nitrogens with zero attached hydrogens (tertiary/aromatic N) is 2. The van der Waals surface area contributed by atoms with Crippen LogP contribution in [0.15, 0.2) is 16.1 Å². The smallest absolute Gasteiger partial charge is 0.267 e. The van der Waals surface area contributed by atoms with Gasteiger partial charge in [-0.05, 0) is 44.9 Å². The summed E-state index contributed by atoms with van der Waals surface area (Å²) in [6.45, 7) is 1.46. The van der Waals surface area contributed by atoms with Crippen LogP contribution in [-0.2, 0) is 11.3 Å². The minimum Gasteiger partial charge on any atom is -0.375 e. The van der Waals surface area contributed by atoms with Crippen molar-refractivity contribution in [3.05, 3.63) is 22.1 Å². The van der Waals surface area contributed by atoms with Crippen LogP contribution in [0.3, 0.4) is 0 Å². The van der Waals surface area contributed by atoms with E-state index in [1.54, 1.807) is 16.3 Å². The minimum absolute atomic E-state index is 0.0592. The first-order chi connectivity index (χ1) is 11.7. The molecule has 0 radical (unpaired) electrons. The molecule has 1 aromatic heterocycles. The average Bonchev–Trinajstić information content (AvgIpc) is 3.05. The van der Waals surface area contributed by atoms with Crippen LogP contribution < -0.4 is 10.9 Å². The zero-order chi connectivity index (χ0) is 16.6. The molecule has 1 saturated heterocycles. The quantitative estimate of drug-likeness (QED) is 0.826. The fourth-order valence-corrected chi connectivity index (χ4v) is 5.07. The molecule has 7 heteroatoms. The Morgan fingerprint density at radius 3 is 3.08 bits per heavy atom. The summed E-state index contributed by atoms with van der Waals surface area (Å²) in [5, 5.41) is 3.77. The predicted octanol–water partition coefficient (Wildman–Crippen LogP) is 1.96. The second-order valence-electron chi connectivity index (χ2n) is 7.02. The van der Waals surface area contributed by atoms with Gasteiger partial charge in [0.05, 0.1) is 5.60 Å². The number of amides is 1. The molecule has 1 saturated carbocycles. The summed E-state index contributed by atoms with van der Waals surface area (Å²) in [5.74, 6) is 0.549. The zero-order valence-electron chi connectivity index (χ0n) is 13.8. The van der Waals surface area contributed by atoms with E-state index in [9.17, 15) is 9.59 Å². The van der Waals surface area contributed by atoms with Crippen molar-refractivity contribution in [1.82, 2.24) is 14.9 Å². The number of hydrogen-bond acceptors (Lipinski definition) is 5. The highest BCUT2D eigenvalue weighted by molar-refractivity contribution is 7.99. The van der Waals surface area contributed by atoms with Crippen molar-refractivity contribution in [3.8, 4) is 0 Å². The fourth-order valence-electron chi connectivity index (χ4n) is 4.15. The predicted molar refractivity (Wildman–Crippen MR) is 91.5 cm³/mol. The number of carbonyl (C=O) groups is 1. The summed E-state index contributed by atoms with van der Waals surface area (Å²) in [6.07, 6.45) is 8.79. The van der Waals surface area contributed by atoms with Crippen LogP contribution >= 0.6 is 11.8 Å². The monoisotopic (exact) mass is 349 g/mol. The lowest BCUT2D eigenvalue weighted by Gasteiger charge is -2.43. The molecular formula is C17H23N3O3S. The summed E-state index contributed by atoms with van der Waals surface area (Å²) in [5.41, 5.74) is -0.122. The molecule has 2 atom stereocenters. The molecule has 24 heavy (non-hydrogen) atoms. The Kier molecular flexibility index (Phi) is 4.39. The first-order valence-electron chi connectivity index (χ1n) is 8.84. The summed E-state index contributed by atoms with van der Waals surface area (Å²) >= 11 is 1.56. The lowest BCUT2D eigenvalue weighted by atomic mass is 9.77. The molecule has 1 N–H and O–H groups in total. The standard InChI is InChI=1S/C17H23N3O3S/c21-14(13-11-18-16-20(15(13)22)7-9-24-16)19-12-4-3-6-17(10-12)5-1-2-8-23-17/h11-12H,1-10H2,(H,19,21). The van der Waals surface area contributed by atoms with Gasteiger partial charge >= 0.3 is 0 Å². The first kappa shape index (κ1) is 16.1. The van der Waals surface area contributed by atoms with E-state index in [0.29, 0.717) is 11.7 Å². The number of fused-ring (bicyclic) bond motifs is 1. The molecule has 2 fully saturated rings. The number of thioether (sulfide) groups is 1. The Morgan fingerprint density at radius 2 is 2.25 bits per heavy atom. The van der Waals surface area contributed by atoms with Gasteiger partial charge in [0.25, 0.3) is 11.5 Å². The maximum absolute atomic E-state index is 12.6. The van der Waals surface area contributed by atoms with Crippen LogP contribution in [0.1, 0.15) is 55.3 Å². The van der Waals surface area contributed by atoms with Gasteiger partial charge in [-0.2, -0.15) is 0 Å². The number of hydrogen-bond donors (Lipinski definition) is 1. The molecule has 1 amide bonds. The van der Waals surface area contributed by atoms with Gasteiger partial charge in [0.15, 0.2) is 5.16 Å². The number of aromatic nitrogens is 2. The van der Waals surface area contributed by atoms with Gasteiger partial charge in [0.1, 0.15) is 5.56 Å². The third-order valence-electron chi connectivity index (χ3n) is 5.37. The van der Waals surface area contributed by atoms with E-state index in [4.69, 9.17) is 4.74 Å². The van der Waals surface area contributed by atoms with Crippen molar-refractivity contribution in [3.63, 3.8) is 0 Å². The largest absolute Gasteiger partial charge is 0.375 e. The van der Waals surface area contributed by atoms with Crippen LogP contribution in [0.2, 0.25) is 0 Å². The van der Waals surface area contributed by atoms with Crippen molar-refractivity contribution < 1.29 is 9.53 Å². The molecule has 1 aliphatic carbocycles. The van der Waals surface area contributed by atoms with Crippen molar-refractivity contribution >= 4 is 17.7 Å². The molecule has 2 aliphatic heterocycles. The van der Waals surface area contributed by atoms with E-state index in [1.807, 2.05) is 0 Å². The third-order valence-corrected chi connectivity index (χ3v) is 6.35. The van der Waals surface area contributed by atoms with E-state index < -0.39 is 0 Å². The maximum atomic E-state index is 12.6. The van der Waals surface area contributed by atoms with Crippen molar-refractivity contribution in [2.45, 2.75) is 68.3 Å². The average molecular weight is 349 g/mol. The third kappa shape index (κ3) is 2.99. The Labute approximate surface area is 145 Å². The van der Waals surface area contributed by atoms with Gasteiger partial charge in [-0.1, -0.05) is 11.8 Å². The summed E-state index contributed by atoms with van der Waals surface area (Å²) in [6, 6.07) is 0.0800. The van der Waals surface area contributed by atoms with Crippen LogP contribution in [0.4, 0.5) is 0 Å². The topological polar surface area (TPSA) is 73.2 Å². The van der Waals surface area contributed by atoms with Gasteiger partial charge in [0.2, 0.25) is 0 Å². The Morgan fingerprint density at radius 1 is 1.38 bits per heavy atom. The lowest BCUT2D eigenvalue weighted by Crippen LogP contribution is -2.49. The molecule has 4 rings (SSSR count). The first-order valence-corrected chi connectivity index (χ1v) is 9.83. The molecule has 6 nitrogen and oxygen atoms in total. The SMILES string of the molecule is O=C(NC1CCCC2(CCCCO2)C1)c1cnc2n(c1=O)CCS2. The van der Waals surface area contributed by atoms with Gasteiger partial charge in [0, 0.05) is 31.1 Å². The minimum atomic E-state index is -0.294. The zero-order valence-corrected chi connectivity index (χ0v) is 14.6. The molecule has 0 bridgehead atoms. The van der Waals surface area contributed by atoms with Crippen LogP contribution in [0, 0.1) is 0 Å². The fraction of sp³-hybridized carbons (Fsp3) is 0.706. The molecule has 1 aromatic rings. The number of rotatable bonds is 2. The highest BCUT2D eigenvalue weighted by Crippen LogP contribution is 2.38. The summed E-state index contributed by atoms with van der Waals surface area (Å²) < 4.78 is 7.68. The van der Waals surface area contributed by atoms with Gasteiger partial charge < -0.3 is 10.1 Å². The molecule has 1 spiro atoms. The Hall–Kier alpha value is -1.34. The van der Waals surface area contributed by atoms with Crippen molar-refractivity contribution in [1.29, 1.82) is 0 Å². The lowest BCUT2D eigenvalue weighted by molar-refractivity contribution is -0.105. The highest BCUT2D eigenvalue weighted by Gasteiger charge is 2.39. The Balaban J connectivity index is 1.47. The second-order valence-corrected chi connectivity index (χ2v) is 8.08. The van der Waals surface area contributed by atoms with E-state index in [1.165, 1.54) is 12.6 Å². The van der Waals surface area contributed by atoms with Crippen LogP contribution in [-0.4, -0.2) is 39.5 Å². The van der Waals surface area contributed by atoms with Gasteiger partial charge in [-0.3, -0.25) is 14.2 Å². The normalized spacial score (nSPS) is 29.4. The molecule has 130 valence electrons. The summed E-state index contributed by atoms with van der Waals surface area (Å²) in [7, 11) is 0. The van der Waals surface area contributed by atoms with Crippen molar-refractivity contribution in [2.75, 3.05) is 12.4 Å².